The molecule has 4 nitrogen and oxygen atoms in total. The van der Waals surface area contributed by atoms with Gasteiger partial charge in [-0.1, -0.05) is 13.0 Å². The average molecular weight is 289 g/mol. The topological polar surface area (TPSA) is 59.2 Å². The molecule has 1 fully saturated rings. The van der Waals surface area contributed by atoms with Crippen molar-refractivity contribution in [3.05, 3.63) is 29.6 Å². The lowest BCUT2D eigenvalue weighted by molar-refractivity contribution is -0.143. The second kappa shape index (κ2) is 6.56. The van der Waals surface area contributed by atoms with Crippen LogP contribution in [0.15, 0.2) is 18.2 Å². The van der Waals surface area contributed by atoms with Crippen molar-refractivity contribution in [1.82, 2.24) is 9.88 Å². The molecule has 1 heterocycles. The molecule has 1 saturated carbocycles. The molecular weight excluding hydrogens is 262 g/mol. The Morgan fingerprint density at radius 3 is 2.67 bits per heavy atom. The van der Waals surface area contributed by atoms with Crippen molar-refractivity contribution in [2.24, 2.45) is 17.1 Å². The van der Waals surface area contributed by atoms with Crippen LogP contribution in [0.1, 0.15) is 44.0 Å². The van der Waals surface area contributed by atoms with Crippen LogP contribution in [0, 0.1) is 18.3 Å². The second-order valence-corrected chi connectivity index (χ2v) is 6.60. The van der Waals surface area contributed by atoms with Gasteiger partial charge in [0.2, 0.25) is 5.91 Å². The van der Waals surface area contributed by atoms with Crippen molar-refractivity contribution in [2.45, 2.75) is 46.1 Å². The van der Waals surface area contributed by atoms with E-state index in [1.165, 1.54) is 0 Å². The maximum absolute atomic E-state index is 12.9. The van der Waals surface area contributed by atoms with E-state index in [4.69, 9.17) is 5.73 Å². The van der Waals surface area contributed by atoms with E-state index in [2.05, 4.69) is 11.9 Å². The van der Waals surface area contributed by atoms with Gasteiger partial charge in [0.15, 0.2) is 0 Å². The van der Waals surface area contributed by atoms with Crippen LogP contribution in [-0.2, 0) is 11.3 Å². The van der Waals surface area contributed by atoms with E-state index >= 15 is 0 Å². The summed E-state index contributed by atoms with van der Waals surface area (Å²) in [5, 5.41) is 0. The van der Waals surface area contributed by atoms with E-state index in [1.807, 2.05) is 32.2 Å². The van der Waals surface area contributed by atoms with Crippen LogP contribution in [-0.4, -0.2) is 29.4 Å². The second-order valence-electron chi connectivity index (χ2n) is 6.60. The highest BCUT2D eigenvalue weighted by molar-refractivity contribution is 5.82. The maximum atomic E-state index is 12.9. The fourth-order valence-corrected chi connectivity index (χ4v) is 3.23. The Morgan fingerprint density at radius 1 is 1.43 bits per heavy atom. The summed E-state index contributed by atoms with van der Waals surface area (Å²) in [6.07, 6.45) is 4.02. The molecule has 0 saturated heterocycles. The standard InChI is InChI=1S/C17H27N3O/c1-13-7-9-17(12-18,10-8-13)16(21)20(3)11-15-6-4-5-14(2)19-15/h4-6,13H,7-12,18H2,1-3H3. The normalized spacial score (nSPS) is 25.6. The molecule has 0 spiro atoms. The third-order valence-corrected chi connectivity index (χ3v) is 4.77. The minimum atomic E-state index is -0.356. The molecule has 0 bridgehead atoms. The monoisotopic (exact) mass is 289 g/mol. The number of aryl methyl sites for hydroxylation is 1. The van der Waals surface area contributed by atoms with Crippen LogP contribution in [0.25, 0.3) is 0 Å². The highest BCUT2D eigenvalue weighted by atomic mass is 16.2. The highest BCUT2D eigenvalue weighted by Crippen LogP contribution is 2.39. The predicted molar refractivity (Wildman–Crippen MR) is 84.6 cm³/mol. The molecule has 2 rings (SSSR count). The van der Waals surface area contributed by atoms with Gasteiger partial charge in [-0.15, -0.1) is 0 Å². The number of carbonyl (C=O) groups excluding carboxylic acids is 1. The predicted octanol–water partition coefficient (Wildman–Crippen LogP) is 2.50. The van der Waals surface area contributed by atoms with E-state index in [1.54, 1.807) is 4.90 Å². The first-order valence-corrected chi connectivity index (χ1v) is 7.85. The zero-order valence-electron chi connectivity index (χ0n) is 13.4. The van der Waals surface area contributed by atoms with Crippen molar-refractivity contribution < 1.29 is 4.79 Å². The largest absolute Gasteiger partial charge is 0.339 e. The minimum Gasteiger partial charge on any atom is -0.339 e. The van der Waals surface area contributed by atoms with Gasteiger partial charge in [-0.2, -0.15) is 0 Å². The fraction of sp³-hybridized carbons (Fsp3) is 0.647. The lowest BCUT2D eigenvalue weighted by Gasteiger charge is -2.39. The SMILES string of the molecule is Cc1cccc(CN(C)C(=O)C2(CN)CCC(C)CC2)n1. The van der Waals surface area contributed by atoms with Crippen LogP contribution >= 0.6 is 0 Å². The molecule has 0 atom stereocenters. The van der Waals surface area contributed by atoms with Crippen LogP contribution < -0.4 is 5.73 Å². The Labute approximate surface area is 127 Å². The Bertz CT molecular complexity index is 493. The first-order valence-electron chi connectivity index (χ1n) is 7.85. The van der Waals surface area contributed by atoms with Gasteiger partial charge >= 0.3 is 0 Å². The molecule has 21 heavy (non-hydrogen) atoms. The number of amides is 1. The molecule has 116 valence electrons. The maximum Gasteiger partial charge on any atom is 0.230 e. The lowest BCUT2D eigenvalue weighted by atomic mass is 9.70. The molecule has 0 aromatic carbocycles. The lowest BCUT2D eigenvalue weighted by Crippen LogP contribution is -2.48. The number of rotatable bonds is 4. The Morgan fingerprint density at radius 2 is 2.10 bits per heavy atom. The molecule has 1 aliphatic carbocycles. The van der Waals surface area contributed by atoms with E-state index in [-0.39, 0.29) is 11.3 Å². The molecular formula is C17H27N3O. The highest BCUT2D eigenvalue weighted by Gasteiger charge is 2.41. The van der Waals surface area contributed by atoms with E-state index in [0.717, 1.165) is 37.1 Å². The number of nitrogens with two attached hydrogens (primary N) is 1. The summed E-state index contributed by atoms with van der Waals surface area (Å²) in [6.45, 7) is 5.22. The molecule has 0 aliphatic heterocycles. The van der Waals surface area contributed by atoms with Gasteiger partial charge in [0, 0.05) is 19.3 Å². The number of hydrogen-bond acceptors (Lipinski definition) is 3. The Balaban J connectivity index is 2.07. The smallest absolute Gasteiger partial charge is 0.230 e. The van der Waals surface area contributed by atoms with Crippen molar-refractivity contribution in [3.63, 3.8) is 0 Å². The first-order chi connectivity index (χ1) is 9.97. The van der Waals surface area contributed by atoms with Crippen LogP contribution in [0.3, 0.4) is 0 Å². The average Bonchev–Trinajstić information content (AvgIpc) is 2.48. The van der Waals surface area contributed by atoms with Crippen LogP contribution in [0.2, 0.25) is 0 Å². The first kappa shape index (κ1) is 16.0. The van der Waals surface area contributed by atoms with Crippen molar-refractivity contribution in [1.29, 1.82) is 0 Å². The van der Waals surface area contributed by atoms with Gasteiger partial charge < -0.3 is 10.6 Å². The van der Waals surface area contributed by atoms with Crippen LogP contribution in [0.4, 0.5) is 0 Å². The van der Waals surface area contributed by atoms with Crippen molar-refractivity contribution in [3.8, 4) is 0 Å². The summed E-state index contributed by atoms with van der Waals surface area (Å²) >= 11 is 0. The number of nitrogens with zero attached hydrogens (tertiary/aromatic N) is 2. The molecule has 1 amide bonds. The quantitative estimate of drug-likeness (QED) is 0.926. The zero-order chi connectivity index (χ0) is 15.5. The summed E-state index contributed by atoms with van der Waals surface area (Å²) in [7, 11) is 1.86. The van der Waals surface area contributed by atoms with Gasteiger partial charge in [-0.25, -0.2) is 0 Å². The molecule has 2 N–H and O–H groups in total. The van der Waals surface area contributed by atoms with E-state index in [9.17, 15) is 4.79 Å². The van der Waals surface area contributed by atoms with Gasteiger partial charge in [0.1, 0.15) is 0 Å². The minimum absolute atomic E-state index is 0.181. The van der Waals surface area contributed by atoms with Crippen LogP contribution in [0.5, 0.6) is 0 Å². The van der Waals surface area contributed by atoms with Gasteiger partial charge in [0.05, 0.1) is 17.7 Å². The molecule has 1 aromatic rings. The number of carbonyl (C=O) groups is 1. The number of hydrogen-bond donors (Lipinski definition) is 1. The molecule has 1 aliphatic rings. The summed E-state index contributed by atoms with van der Waals surface area (Å²) in [4.78, 5) is 19.1. The summed E-state index contributed by atoms with van der Waals surface area (Å²) < 4.78 is 0. The zero-order valence-corrected chi connectivity index (χ0v) is 13.4. The van der Waals surface area contributed by atoms with Crippen molar-refractivity contribution >= 4 is 5.91 Å². The van der Waals surface area contributed by atoms with E-state index < -0.39 is 0 Å². The third-order valence-electron chi connectivity index (χ3n) is 4.77. The van der Waals surface area contributed by atoms with Gasteiger partial charge in [-0.3, -0.25) is 9.78 Å². The Hall–Kier alpha value is -1.42. The summed E-state index contributed by atoms with van der Waals surface area (Å²) in [5.74, 6) is 0.890. The van der Waals surface area contributed by atoms with Gasteiger partial charge in [-0.05, 0) is 50.7 Å². The molecule has 0 unspecified atom stereocenters. The number of aromatic nitrogens is 1. The molecule has 4 heteroatoms. The number of pyridine rings is 1. The summed E-state index contributed by atoms with van der Waals surface area (Å²) in [5.41, 5.74) is 7.53. The third kappa shape index (κ3) is 3.62. The van der Waals surface area contributed by atoms with Gasteiger partial charge in [0.25, 0.3) is 0 Å². The Kier molecular flexibility index (Phi) is 4.99. The summed E-state index contributed by atoms with van der Waals surface area (Å²) in [6, 6.07) is 5.92. The van der Waals surface area contributed by atoms with E-state index in [0.29, 0.717) is 19.0 Å². The molecule has 1 aromatic heterocycles. The molecule has 0 radical (unpaired) electrons. The van der Waals surface area contributed by atoms with Crippen molar-refractivity contribution in [2.75, 3.05) is 13.6 Å². The fourth-order valence-electron chi connectivity index (χ4n) is 3.23.